The third kappa shape index (κ3) is 2.36. The van der Waals surface area contributed by atoms with Crippen molar-refractivity contribution in [1.82, 2.24) is 0 Å². The van der Waals surface area contributed by atoms with E-state index in [0.29, 0.717) is 0 Å². The number of hydrogen-bond acceptors (Lipinski definition) is 1. The molecule has 3 fully saturated rings. The van der Waals surface area contributed by atoms with Crippen molar-refractivity contribution < 1.29 is 9.90 Å². The van der Waals surface area contributed by atoms with E-state index in [-0.39, 0.29) is 5.92 Å². The Labute approximate surface area is 104 Å². The van der Waals surface area contributed by atoms with Crippen LogP contribution in [0.4, 0.5) is 0 Å². The van der Waals surface area contributed by atoms with Crippen LogP contribution in [0.5, 0.6) is 0 Å². The fraction of sp³-hybridized carbons (Fsp3) is 0.933. The summed E-state index contributed by atoms with van der Waals surface area (Å²) in [5.74, 6) is 3.34. The van der Waals surface area contributed by atoms with E-state index in [1.165, 1.54) is 44.9 Å². The van der Waals surface area contributed by atoms with Gasteiger partial charge in [0.05, 0.1) is 5.92 Å². The number of rotatable bonds is 3. The molecule has 3 aliphatic rings. The third-order valence-corrected chi connectivity index (χ3v) is 5.72. The van der Waals surface area contributed by atoms with E-state index < -0.39 is 5.97 Å². The predicted molar refractivity (Wildman–Crippen MR) is 66.6 cm³/mol. The van der Waals surface area contributed by atoms with Crippen LogP contribution >= 0.6 is 0 Å². The van der Waals surface area contributed by atoms with Gasteiger partial charge in [0, 0.05) is 0 Å². The maximum Gasteiger partial charge on any atom is 0.306 e. The van der Waals surface area contributed by atoms with E-state index in [0.717, 1.165) is 36.5 Å². The zero-order chi connectivity index (χ0) is 11.8. The number of carboxylic acids is 1. The molecule has 0 aliphatic heterocycles. The topological polar surface area (TPSA) is 37.3 Å². The molecule has 2 bridgehead atoms. The Kier molecular flexibility index (Phi) is 3.14. The number of aliphatic carboxylic acids is 1. The SMILES string of the molecule is O=C(O)C1CCC(C[C@@H]2C[C@H]3CC[C@@H]2C3)CC1. The Bertz CT molecular complexity index is 291. The maximum atomic E-state index is 10.9. The number of hydrogen-bond donors (Lipinski definition) is 1. The van der Waals surface area contributed by atoms with Gasteiger partial charge < -0.3 is 5.11 Å². The Morgan fingerprint density at radius 1 is 1.00 bits per heavy atom. The molecular formula is C15H24O2. The van der Waals surface area contributed by atoms with Crippen LogP contribution in [0, 0.1) is 29.6 Å². The van der Waals surface area contributed by atoms with Crippen molar-refractivity contribution >= 4 is 5.97 Å². The van der Waals surface area contributed by atoms with E-state index in [4.69, 9.17) is 5.11 Å². The molecule has 17 heavy (non-hydrogen) atoms. The van der Waals surface area contributed by atoms with Gasteiger partial charge in [0.1, 0.15) is 0 Å². The summed E-state index contributed by atoms with van der Waals surface area (Å²) in [6.07, 6.45) is 11.6. The molecule has 0 spiro atoms. The minimum Gasteiger partial charge on any atom is -0.481 e. The molecular weight excluding hydrogens is 212 g/mol. The third-order valence-electron chi connectivity index (χ3n) is 5.72. The Balaban J connectivity index is 1.46. The van der Waals surface area contributed by atoms with Crippen LogP contribution in [-0.4, -0.2) is 11.1 Å². The summed E-state index contributed by atoms with van der Waals surface area (Å²) in [5, 5.41) is 8.99. The van der Waals surface area contributed by atoms with Crippen molar-refractivity contribution in [2.75, 3.05) is 0 Å². The molecule has 0 aromatic heterocycles. The molecule has 0 saturated heterocycles. The van der Waals surface area contributed by atoms with Crippen molar-refractivity contribution in [3.63, 3.8) is 0 Å². The smallest absolute Gasteiger partial charge is 0.306 e. The molecule has 96 valence electrons. The molecule has 3 rings (SSSR count). The van der Waals surface area contributed by atoms with E-state index in [1.54, 1.807) is 0 Å². The van der Waals surface area contributed by atoms with Crippen LogP contribution < -0.4 is 0 Å². The average molecular weight is 236 g/mol. The minimum atomic E-state index is -0.566. The lowest BCUT2D eigenvalue weighted by Crippen LogP contribution is -2.24. The van der Waals surface area contributed by atoms with Gasteiger partial charge in [-0.2, -0.15) is 0 Å². The number of carboxylic acid groups (broad SMARTS) is 1. The van der Waals surface area contributed by atoms with Crippen molar-refractivity contribution in [2.24, 2.45) is 29.6 Å². The molecule has 2 heteroatoms. The molecule has 2 nitrogen and oxygen atoms in total. The highest BCUT2D eigenvalue weighted by molar-refractivity contribution is 5.69. The molecule has 0 heterocycles. The number of carbonyl (C=O) groups is 1. The van der Waals surface area contributed by atoms with Crippen LogP contribution in [-0.2, 0) is 4.79 Å². The first-order chi connectivity index (χ1) is 8.22. The summed E-state index contributed by atoms with van der Waals surface area (Å²) in [6.45, 7) is 0. The quantitative estimate of drug-likeness (QED) is 0.811. The zero-order valence-corrected chi connectivity index (χ0v) is 10.6. The van der Waals surface area contributed by atoms with Gasteiger partial charge in [-0.15, -0.1) is 0 Å². The molecule has 3 saturated carbocycles. The monoisotopic (exact) mass is 236 g/mol. The molecule has 0 radical (unpaired) electrons. The Morgan fingerprint density at radius 3 is 2.29 bits per heavy atom. The first kappa shape index (κ1) is 11.6. The van der Waals surface area contributed by atoms with E-state index >= 15 is 0 Å². The summed E-state index contributed by atoms with van der Waals surface area (Å²) in [6, 6.07) is 0. The van der Waals surface area contributed by atoms with Gasteiger partial charge in [-0.3, -0.25) is 4.79 Å². The molecule has 0 aromatic rings. The second kappa shape index (κ2) is 4.62. The highest BCUT2D eigenvalue weighted by Crippen LogP contribution is 2.51. The highest BCUT2D eigenvalue weighted by Gasteiger charge is 2.40. The van der Waals surface area contributed by atoms with E-state index in [1.807, 2.05) is 0 Å². The van der Waals surface area contributed by atoms with Crippen LogP contribution in [0.25, 0.3) is 0 Å². The lowest BCUT2D eigenvalue weighted by Gasteiger charge is -2.31. The second-order valence-electron chi connectivity index (χ2n) is 6.73. The van der Waals surface area contributed by atoms with E-state index in [9.17, 15) is 4.79 Å². The van der Waals surface area contributed by atoms with E-state index in [2.05, 4.69) is 0 Å². The molecule has 0 unspecified atom stereocenters. The molecule has 0 amide bonds. The Hall–Kier alpha value is -0.530. The average Bonchev–Trinajstić information content (AvgIpc) is 2.91. The lowest BCUT2D eigenvalue weighted by molar-refractivity contribution is -0.143. The van der Waals surface area contributed by atoms with Crippen molar-refractivity contribution in [1.29, 1.82) is 0 Å². The second-order valence-corrected chi connectivity index (χ2v) is 6.73. The van der Waals surface area contributed by atoms with Gasteiger partial charge in [0.2, 0.25) is 0 Å². The van der Waals surface area contributed by atoms with Gasteiger partial charge in [-0.05, 0) is 75.0 Å². The fourth-order valence-corrected chi connectivity index (χ4v) is 4.74. The fourth-order valence-electron chi connectivity index (χ4n) is 4.74. The lowest BCUT2D eigenvalue weighted by atomic mass is 9.75. The molecule has 3 atom stereocenters. The highest BCUT2D eigenvalue weighted by atomic mass is 16.4. The largest absolute Gasteiger partial charge is 0.481 e. The maximum absolute atomic E-state index is 10.9. The van der Waals surface area contributed by atoms with Gasteiger partial charge >= 0.3 is 5.97 Å². The predicted octanol–water partition coefficient (Wildman–Crippen LogP) is 3.70. The van der Waals surface area contributed by atoms with Crippen LogP contribution in [0.3, 0.4) is 0 Å². The van der Waals surface area contributed by atoms with Crippen LogP contribution in [0.2, 0.25) is 0 Å². The van der Waals surface area contributed by atoms with Gasteiger partial charge in [-0.1, -0.05) is 6.42 Å². The van der Waals surface area contributed by atoms with Gasteiger partial charge in [-0.25, -0.2) is 0 Å². The molecule has 0 aromatic carbocycles. The number of fused-ring (bicyclic) bond motifs is 2. The van der Waals surface area contributed by atoms with Crippen molar-refractivity contribution in [3.05, 3.63) is 0 Å². The summed E-state index contributed by atoms with van der Waals surface area (Å²) in [7, 11) is 0. The van der Waals surface area contributed by atoms with Crippen molar-refractivity contribution in [3.8, 4) is 0 Å². The first-order valence-corrected chi connectivity index (χ1v) is 7.45. The minimum absolute atomic E-state index is 0.0359. The summed E-state index contributed by atoms with van der Waals surface area (Å²) in [5.41, 5.74) is 0. The summed E-state index contributed by atoms with van der Waals surface area (Å²) >= 11 is 0. The summed E-state index contributed by atoms with van der Waals surface area (Å²) in [4.78, 5) is 10.9. The molecule has 3 aliphatic carbocycles. The van der Waals surface area contributed by atoms with Crippen molar-refractivity contribution in [2.45, 2.75) is 57.8 Å². The van der Waals surface area contributed by atoms with Gasteiger partial charge in [0.25, 0.3) is 0 Å². The van der Waals surface area contributed by atoms with Gasteiger partial charge in [0.15, 0.2) is 0 Å². The summed E-state index contributed by atoms with van der Waals surface area (Å²) < 4.78 is 0. The van der Waals surface area contributed by atoms with Crippen LogP contribution in [0.15, 0.2) is 0 Å². The normalized spacial score (nSPS) is 45.1. The Morgan fingerprint density at radius 2 is 1.76 bits per heavy atom. The standard InChI is InChI=1S/C15H24O2/c16-15(17)12-4-1-10(2-5-12)7-14-9-11-3-6-13(14)8-11/h10-14H,1-9H2,(H,16,17)/t10?,11-,12?,13+,14+/m0/s1. The van der Waals surface area contributed by atoms with Crippen LogP contribution in [0.1, 0.15) is 57.8 Å². The molecule has 1 N–H and O–H groups in total. The zero-order valence-electron chi connectivity index (χ0n) is 10.6. The first-order valence-electron chi connectivity index (χ1n) is 7.45.